The minimum atomic E-state index is -0.582. The van der Waals surface area contributed by atoms with E-state index >= 15 is 0 Å². The third kappa shape index (κ3) is 2.01. The third-order valence-electron chi connectivity index (χ3n) is 6.88. The van der Waals surface area contributed by atoms with Gasteiger partial charge in [0.1, 0.15) is 12.2 Å². The topological polar surface area (TPSA) is 72.5 Å². The summed E-state index contributed by atoms with van der Waals surface area (Å²) in [4.78, 5) is 12.3. The van der Waals surface area contributed by atoms with Crippen LogP contribution in [-0.4, -0.2) is 56.4 Å². The highest BCUT2D eigenvalue weighted by atomic mass is 16.8. The number of carbonyl (C=O) groups excluding carboxylic acids is 1. The lowest BCUT2D eigenvalue weighted by atomic mass is 9.80. The molecule has 0 amide bonds. The number of ether oxygens (including phenoxy) is 6. The first kappa shape index (κ1) is 14.3. The molecule has 7 heteroatoms. The fourth-order valence-corrected chi connectivity index (χ4v) is 5.64. The molecule has 6 fully saturated rings. The van der Waals surface area contributed by atoms with Crippen LogP contribution in [0.25, 0.3) is 0 Å². The second-order valence-corrected chi connectivity index (χ2v) is 8.11. The standard InChI is InChI=1S/C17H22O7/c18-17(23-11-1-7-5-19-15-9(7)3-13(11)21-15)24-12-2-8-6-20-16-10(8)4-14(12)22-16/h7-16H,1-6H2/t7-,8-,9-,10-,11?,12?,13?,14?,15-,16-/m0/s1. The van der Waals surface area contributed by atoms with E-state index in [4.69, 9.17) is 28.4 Å². The van der Waals surface area contributed by atoms with E-state index in [2.05, 4.69) is 0 Å². The lowest BCUT2D eigenvalue weighted by Gasteiger charge is -2.33. The summed E-state index contributed by atoms with van der Waals surface area (Å²) < 4.78 is 34.3. The lowest BCUT2D eigenvalue weighted by Crippen LogP contribution is -2.41. The molecule has 24 heavy (non-hydrogen) atoms. The quantitative estimate of drug-likeness (QED) is 0.706. The van der Waals surface area contributed by atoms with Crippen molar-refractivity contribution in [2.45, 2.75) is 62.7 Å². The van der Waals surface area contributed by atoms with Gasteiger partial charge in [0, 0.05) is 11.8 Å². The molecule has 132 valence electrons. The minimum absolute atomic E-state index is 0.0491. The molecule has 0 aromatic heterocycles. The Balaban J connectivity index is 1.09. The first-order valence-electron chi connectivity index (χ1n) is 9.16. The zero-order chi connectivity index (χ0) is 15.8. The van der Waals surface area contributed by atoms with Crippen LogP contribution in [-0.2, 0) is 28.4 Å². The summed E-state index contributed by atoms with van der Waals surface area (Å²) in [6.45, 7) is 1.42. The van der Waals surface area contributed by atoms with Crippen LogP contribution in [0.15, 0.2) is 0 Å². The van der Waals surface area contributed by atoms with Crippen molar-refractivity contribution >= 4 is 6.16 Å². The molecule has 4 bridgehead atoms. The molecule has 0 N–H and O–H groups in total. The summed E-state index contributed by atoms with van der Waals surface area (Å²) in [5.41, 5.74) is 0. The molecule has 2 aliphatic carbocycles. The number of carbonyl (C=O) groups is 1. The summed E-state index contributed by atoms with van der Waals surface area (Å²) in [6.07, 6.45) is 2.17. The second kappa shape index (κ2) is 5.06. The number of fused-ring (bicyclic) bond motifs is 2. The van der Waals surface area contributed by atoms with Crippen LogP contribution in [0.1, 0.15) is 25.7 Å². The van der Waals surface area contributed by atoms with Gasteiger partial charge in [-0.05, 0) is 37.5 Å². The van der Waals surface area contributed by atoms with Crippen molar-refractivity contribution in [3.63, 3.8) is 0 Å². The van der Waals surface area contributed by atoms with Gasteiger partial charge in [-0.1, -0.05) is 0 Å². The molecule has 10 atom stereocenters. The first-order valence-corrected chi connectivity index (χ1v) is 9.16. The molecule has 0 spiro atoms. The Hall–Kier alpha value is -0.890. The first-order chi connectivity index (χ1) is 11.7. The van der Waals surface area contributed by atoms with Crippen molar-refractivity contribution in [2.75, 3.05) is 13.2 Å². The average Bonchev–Trinajstić information content (AvgIpc) is 3.24. The zero-order valence-electron chi connectivity index (χ0n) is 13.4. The summed E-state index contributed by atoms with van der Waals surface area (Å²) in [5.74, 6) is 1.83. The van der Waals surface area contributed by atoms with E-state index in [-0.39, 0.29) is 37.0 Å². The van der Waals surface area contributed by atoms with E-state index in [1.54, 1.807) is 0 Å². The maximum absolute atomic E-state index is 12.3. The van der Waals surface area contributed by atoms with E-state index in [0.717, 1.165) is 25.7 Å². The van der Waals surface area contributed by atoms with E-state index in [1.807, 2.05) is 0 Å². The van der Waals surface area contributed by atoms with Crippen molar-refractivity contribution in [2.24, 2.45) is 23.7 Å². The van der Waals surface area contributed by atoms with E-state index in [0.29, 0.717) is 36.9 Å². The van der Waals surface area contributed by atoms with Gasteiger partial charge in [0.05, 0.1) is 25.4 Å². The van der Waals surface area contributed by atoms with Crippen LogP contribution >= 0.6 is 0 Å². The highest BCUT2D eigenvalue weighted by Gasteiger charge is 2.56. The number of hydrogen-bond acceptors (Lipinski definition) is 7. The van der Waals surface area contributed by atoms with Crippen LogP contribution in [0.4, 0.5) is 4.79 Å². The lowest BCUT2D eigenvalue weighted by molar-refractivity contribution is -0.165. The molecule has 0 aromatic rings. The Kier molecular flexibility index (Phi) is 3.02. The van der Waals surface area contributed by atoms with Crippen molar-refractivity contribution in [3.05, 3.63) is 0 Å². The molecule has 4 aliphatic heterocycles. The molecule has 2 saturated carbocycles. The predicted octanol–water partition coefficient (Wildman–Crippen LogP) is 1.44. The van der Waals surface area contributed by atoms with Gasteiger partial charge in [-0.25, -0.2) is 4.79 Å². The molecule has 0 radical (unpaired) electrons. The molecular formula is C17H22O7. The molecule has 6 aliphatic rings. The van der Waals surface area contributed by atoms with E-state index in [1.165, 1.54) is 0 Å². The molecule has 6 rings (SSSR count). The van der Waals surface area contributed by atoms with Crippen LogP contribution in [0.3, 0.4) is 0 Å². The molecule has 7 nitrogen and oxygen atoms in total. The van der Waals surface area contributed by atoms with Gasteiger partial charge < -0.3 is 28.4 Å². The van der Waals surface area contributed by atoms with Crippen molar-refractivity contribution in [3.8, 4) is 0 Å². The fourth-order valence-electron chi connectivity index (χ4n) is 5.64. The summed E-state index contributed by atoms with van der Waals surface area (Å²) in [5, 5.41) is 0. The van der Waals surface area contributed by atoms with E-state index in [9.17, 15) is 4.79 Å². The third-order valence-corrected chi connectivity index (χ3v) is 6.88. The van der Waals surface area contributed by atoms with Crippen molar-refractivity contribution in [1.82, 2.24) is 0 Å². The van der Waals surface area contributed by atoms with Gasteiger partial charge in [0.2, 0.25) is 0 Å². The summed E-state index contributed by atoms with van der Waals surface area (Å²) in [6, 6.07) is 0. The molecule has 0 aromatic carbocycles. The van der Waals surface area contributed by atoms with Crippen molar-refractivity contribution < 1.29 is 33.2 Å². The summed E-state index contributed by atoms with van der Waals surface area (Å²) >= 11 is 0. The monoisotopic (exact) mass is 338 g/mol. The van der Waals surface area contributed by atoms with Crippen LogP contribution in [0.5, 0.6) is 0 Å². The maximum Gasteiger partial charge on any atom is 0.509 e. The summed E-state index contributed by atoms with van der Waals surface area (Å²) in [7, 11) is 0. The zero-order valence-corrected chi connectivity index (χ0v) is 13.4. The smallest absolute Gasteiger partial charge is 0.428 e. The molecule has 4 saturated heterocycles. The Morgan fingerprint density at radius 1 is 0.750 bits per heavy atom. The van der Waals surface area contributed by atoms with Gasteiger partial charge in [0.15, 0.2) is 12.6 Å². The molecule has 4 heterocycles. The normalized spacial score (nSPS) is 56.5. The highest BCUT2D eigenvalue weighted by molar-refractivity contribution is 5.60. The Bertz CT molecular complexity index is 503. The number of hydrogen-bond donors (Lipinski definition) is 0. The van der Waals surface area contributed by atoms with Gasteiger partial charge in [-0.2, -0.15) is 0 Å². The van der Waals surface area contributed by atoms with Crippen LogP contribution < -0.4 is 0 Å². The SMILES string of the molecule is O=C(OC1C[C@H]2CO[C@H]3OC1C[C@@H]23)OC1C[C@H]2CO[C@H]3OC1C[C@@H]23. The Labute approximate surface area is 139 Å². The highest BCUT2D eigenvalue weighted by Crippen LogP contribution is 2.49. The maximum atomic E-state index is 12.3. The van der Waals surface area contributed by atoms with Crippen LogP contribution in [0.2, 0.25) is 0 Å². The van der Waals surface area contributed by atoms with Gasteiger partial charge in [-0.3, -0.25) is 0 Å². The fraction of sp³-hybridized carbons (Fsp3) is 0.941. The largest absolute Gasteiger partial charge is 0.509 e. The molecular weight excluding hydrogens is 316 g/mol. The van der Waals surface area contributed by atoms with Crippen LogP contribution in [0, 0.1) is 23.7 Å². The van der Waals surface area contributed by atoms with Gasteiger partial charge in [0.25, 0.3) is 0 Å². The van der Waals surface area contributed by atoms with E-state index < -0.39 is 6.16 Å². The van der Waals surface area contributed by atoms with Gasteiger partial charge >= 0.3 is 6.16 Å². The molecule has 4 unspecified atom stereocenters. The minimum Gasteiger partial charge on any atom is -0.428 e. The predicted molar refractivity (Wildman–Crippen MR) is 76.8 cm³/mol. The van der Waals surface area contributed by atoms with Gasteiger partial charge in [-0.15, -0.1) is 0 Å². The van der Waals surface area contributed by atoms with Crippen molar-refractivity contribution in [1.29, 1.82) is 0 Å². The second-order valence-electron chi connectivity index (χ2n) is 8.11. The average molecular weight is 338 g/mol. The Morgan fingerprint density at radius 3 is 1.75 bits per heavy atom. The Morgan fingerprint density at radius 2 is 1.25 bits per heavy atom. The number of rotatable bonds is 2.